The second-order valence-corrected chi connectivity index (χ2v) is 8.83. The Kier molecular flexibility index (Phi) is 22.1. The Labute approximate surface area is 189 Å². The van der Waals surface area contributed by atoms with Crippen molar-refractivity contribution in [2.24, 2.45) is 11.8 Å². The summed E-state index contributed by atoms with van der Waals surface area (Å²) in [4.78, 5) is 24.0. The first-order chi connectivity index (χ1) is 13.9. The Balaban J connectivity index is -0.000000710. The molecule has 30 heavy (non-hydrogen) atoms. The molecule has 0 amide bonds. The first-order valence-corrected chi connectivity index (χ1v) is 11.2. The van der Waals surface area contributed by atoms with Crippen LogP contribution >= 0.6 is 7.92 Å². The first-order valence-electron chi connectivity index (χ1n) is 8.47. The topological polar surface area (TPSA) is 116 Å². The van der Waals surface area contributed by atoms with Crippen molar-refractivity contribution in [1.29, 1.82) is 5.46 Å². The molecule has 0 saturated heterocycles. The summed E-state index contributed by atoms with van der Waals surface area (Å²) in [5, 5.41) is 0. The summed E-state index contributed by atoms with van der Waals surface area (Å²) in [7, 11) is 2.93. The van der Waals surface area contributed by atoms with Crippen molar-refractivity contribution in [2.45, 2.75) is 5.92 Å². The number of hydrogen-bond acceptors (Lipinski definition) is 5. The molecule has 0 aromatic heterocycles. The summed E-state index contributed by atoms with van der Waals surface area (Å²) in [6, 6.07) is 9.76. The Morgan fingerprint density at radius 1 is 0.967 bits per heavy atom. The van der Waals surface area contributed by atoms with Gasteiger partial charge in [-0.15, -0.1) is 7.92 Å². The van der Waals surface area contributed by atoms with Crippen LogP contribution in [0.3, 0.4) is 0 Å². The standard InChI is InChI=1S/C17H18O4.C3H9P.CO.Mn.NO/c1-20-16(18)15(17(19)21-2)14-11-7-6-10-13(14)12-8-4-3-5-9-12;1-4(2)3;1-2;;1-2/h3-11,13-15H,1-2H3;1-3H3;;;/q;;;;+1/t13-,14-;;;;/m0..../s1. The van der Waals surface area contributed by atoms with E-state index in [0.29, 0.717) is 7.92 Å². The molecule has 1 aliphatic carbocycles. The van der Waals surface area contributed by atoms with Crippen LogP contribution in [-0.2, 0) is 45.6 Å². The molecule has 0 fully saturated rings. The fourth-order valence-electron chi connectivity index (χ4n) is 2.62. The van der Waals surface area contributed by atoms with E-state index in [9.17, 15) is 9.59 Å². The quantitative estimate of drug-likeness (QED) is 0.164. The zero-order valence-electron chi connectivity index (χ0n) is 17.7. The Hall–Kier alpha value is -2.00. The van der Waals surface area contributed by atoms with Gasteiger partial charge in [-0.3, -0.25) is 9.59 Å². The normalized spacial score (nSPS) is 15.6. The number of carbonyl (C=O) groups excluding carboxylic acids is 2. The maximum atomic E-state index is 12.0. The van der Waals surface area contributed by atoms with E-state index >= 15 is 0 Å². The summed E-state index contributed by atoms with van der Waals surface area (Å²) in [6.07, 6.45) is 7.60. The fraction of sp³-hybridized carbons (Fsp3) is 0.381. The molecule has 0 heterocycles. The second kappa shape index (κ2) is 20.3. The van der Waals surface area contributed by atoms with Crippen LogP contribution in [0.25, 0.3) is 0 Å². The number of carbonyl (C=O) groups is 2. The second-order valence-electron chi connectivity index (χ2n) is 6.15. The van der Waals surface area contributed by atoms with Gasteiger partial charge in [0.15, 0.2) is 5.92 Å². The van der Waals surface area contributed by atoms with E-state index in [-0.39, 0.29) is 28.9 Å². The van der Waals surface area contributed by atoms with Crippen LogP contribution in [0.4, 0.5) is 0 Å². The van der Waals surface area contributed by atoms with Gasteiger partial charge < -0.3 is 9.47 Å². The molecular formula is C21H27MnNO6P+. The number of methoxy groups -OCH3 is 2. The van der Waals surface area contributed by atoms with Crippen LogP contribution in [0.1, 0.15) is 11.5 Å². The van der Waals surface area contributed by atoms with Gasteiger partial charge in [0.1, 0.15) is 0 Å². The van der Waals surface area contributed by atoms with Crippen molar-refractivity contribution < 1.29 is 45.6 Å². The molecule has 0 saturated carbocycles. The van der Waals surface area contributed by atoms with Crippen LogP contribution in [0.15, 0.2) is 54.6 Å². The van der Waals surface area contributed by atoms with Gasteiger partial charge in [0.25, 0.3) is 0 Å². The number of benzene rings is 1. The molecule has 1 aromatic carbocycles. The molecule has 1 aliphatic rings. The van der Waals surface area contributed by atoms with Gasteiger partial charge in [0, 0.05) is 28.9 Å². The molecular weight excluding hydrogens is 448 g/mol. The van der Waals surface area contributed by atoms with Gasteiger partial charge in [-0.05, 0) is 25.6 Å². The average molecular weight is 475 g/mol. The van der Waals surface area contributed by atoms with Crippen molar-refractivity contribution in [3.05, 3.63) is 66.8 Å². The minimum Gasteiger partial charge on any atom is 0 e. The van der Waals surface area contributed by atoms with Gasteiger partial charge >= 0.3 is 33.5 Å². The number of allylic oxidation sites excluding steroid dienone is 4. The van der Waals surface area contributed by atoms with Gasteiger partial charge in [0.2, 0.25) is 0 Å². The molecule has 0 spiro atoms. The molecule has 1 aromatic rings. The van der Waals surface area contributed by atoms with Crippen LogP contribution < -0.4 is 0 Å². The van der Waals surface area contributed by atoms with Crippen LogP contribution in [0.2, 0.25) is 0 Å². The van der Waals surface area contributed by atoms with Gasteiger partial charge in [-0.1, -0.05) is 54.6 Å². The molecule has 0 unspecified atom stereocenters. The molecule has 1 radical (unpaired) electrons. The Morgan fingerprint density at radius 3 is 1.77 bits per heavy atom. The average Bonchev–Trinajstić information content (AvgIpc) is 2.77. The summed E-state index contributed by atoms with van der Waals surface area (Å²) in [5.74, 6) is -2.51. The summed E-state index contributed by atoms with van der Waals surface area (Å²) < 4.78 is 24.3. The maximum absolute atomic E-state index is 12.0. The van der Waals surface area contributed by atoms with E-state index in [1.807, 2.05) is 54.6 Å². The number of esters is 2. The summed E-state index contributed by atoms with van der Waals surface area (Å²) in [6.45, 7) is 11.2. The van der Waals surface area contributed by atoms with E-state index in [1.54, 1.807) is 0 Å². The van der Waals surface area contributed by atoms with Gasteiger partial charge in [-0.25, -0.2) is 0 Å². The van der Waals surface area contributed by atoms with Crippen molar-refractivity contribution in [2.75, 3.05) is 34.2 Å². The molecule has 2 rings (SSSR count). The number of nitrogens with zero attached hydrogens (tertiary/aromatic N) is 1. The van der Waals surface area contributed by atoms with Crippen molar-refractivity contribution in [1.82, 2.24) is 0 Å². The predicted octanol–water partition coefficient (Wildman–Crippen LogP) is 3.69. The third kappa shape index (κ3) is 11.9. The van der Waals surface area contributed by atoms with Crippen LogP contribution in [0.5, 0.6) is 0 Å². The van der Waals surface area contributed by atoms with E-state index < -0.39 is 17.9 Å². The van der Waals surface area contributed by atoms with Crippen molar-refractivity contribution >= 4 is 19.9 Å². The largest absolute Gasteiger partial charge is 0 e. The number of hydrogen-bond donors (Lipinski definition) is 0. The Morgan fingerprint density at radius 2 is 1.37 bits per heavy atom. The van der Waals surface area contributed by atoms with Crippen molar-refractivity contribution in [3.8, 4) is 0 Å². The van der Waals surface area contributed by atoms with E-state index in [2.05, 4.69) is 26.6 Å². The number of ether oxygens (including phenoxy) is 2. The van der Waals surface area contributed by atoms with Crippen LogP contribution in [0, 0.1) is 23.9 Å². The van der Waals surface area contributed by atoms with Crippen LogP contribution in [-0.4, -0.2) is 46.2 Å². The first kappa shape index (κ1) is 32.7. The molecule has 9 heteroatoms. The summed E-state index contributed by atoms with van der Waals surface area (Å²) in [5.41, 5.74) is 6.79. The van der Waals surface area contributed by atoms with E-state index in [4.69, 9.17) is 24.4 Å². The fourth-order valence-corrected chi connectivity index (χ4v) is 2.62. The minimum atomic E-state index is -0.966. The smallest absolute Gasteiger partial charge is 0 e. The van der Waals surface area contributed by atoms with E-state index in [1.165, 1.54) is 14.2 Å². The van der Waals surface area contributed by atoms with Gasteiger partial charge in [-0.2, -0.15) is 0 Å². The third-order valence-corrected chi connectivity index (χ3v) is 3.66. The SMILES string of the molecule is COC(=O)C(C(=O)OC)[C@H]1C=CC=C[C@H]1c1ccccc1.CP(C)C.N#[O+].[C-]#[O+].[Mn]. The number of rotatable bonds is 4. The minimum absolute atomic E-state index is 0. The monoisotopic (exact) mass is 475 g/mol. The molecule has 7 nitrogen and oxygen atoms in total. The molecule has 2 atom stereocenters. The third-order valence-electron chi connectivity index (χ3n) is 3.66. The maximum Gasteiger partial charge on any atom is 0 e. The molecule has 0 N–H and O–H groups in total. The zero-order chi connectivity index (χ0) is 22.8. The molecule has 163 valence electrons. The molecule has 0 aliphatic heterocycles. The predicted molar refractivity (Wildman–Crippen MR) is 110 cm³/mol. The summed E-state index contributed by atoms with van der Waals surface area (Å²) >= 11 is 0. The zero-order valence-corrected chi connectivity index (χ0v) is 19.7. The van der Waals surface area contributed by atoms with Crippen molar-refractivity contribution in [3.63, 3.8) is 0 Å². The van der Waals surface area contributed by atoms with E-state index in [0.717, 1.165) is 5.56 Å². The molecule has 0 bridgehead atoms. The Bertz CT molecular complexity index is 678. The van der Waals surface area contributed by atoms with Gasteiger partial charge in [0.05, 0.1) is 14.2 Å².